The molecule has 0 saturated heterocycles. The van der Waals surface area contributed by atoms with E-state index < -0.39 is 0 Å². The first-order chi connectivity index (χ1) is 6.11. The molecule has 0 fully saturated rings. The van der Waals surface area contributed by atoms with Crippen LogP contribution in [-0.2, 0) is 15.1 Å². The Kier molecular flexibility index (Phi) is 7.85. The van der Waals surface area contributed by atoms with E-state index in [1.807, 2.05) is 0 Å². The van der Waals surface area contributed by atoms with Gasteiger partial charge in [-0.15, -0.1) is 12.1 Å². The van der Waals surface area contributed by atoms with Crippen LogP contribution in [0, 0.1) is 6.92 Å². The summed E-state index contributed by atoms with van der Waals surface area (Å²) in [4.78, 5) is 0. The summed E-state index contributed by atoms with van der Waals surface area (Å²) in [6.45, 7) is 8.21. The summed E-state index contributed by atoms with van der Waals surface area (Å²) in [5, 5.41) is 0. The Bertz CT molecular complexity index is 219. The van der Waals surface area contributed by atoms with Crippen molar-refractivity contribution < 1.29 is 15.1 Å². The third kappa shape index (κ3) is 6.38. The summed E-state index contributed by atoms with van der Waals surface area (Å²) in [5.74, 6) is 0.626. The van der Waals surface area contributed by atoms with Crippen LogP contribution in [-0.4, -0.2) is 0 Å². The molecule has 0 heterocycles. The van der Waals surface area contributed by atoms with Gasteiger partial charge in [0.05, 0.1) is 0 Å². The quantitative estimate of drug-likeness (QED) is 0.534. The maximum atomic E-state index is 4.85. The zero-order valence-corrected chi connectivity index (χ0v) is 11.0. The number of halogens is 2. The summed E-state index contributed by atoms with van der Waals surface area (Å²) in [6, 6.07) is 8.37. The number of benzene rings is 1. The van der Waals surface area contributed by atoms with E-state index in [4.69, 9.17) is 19.4 Å². The van der Waals surface area contributed by atoms with Crippen LogP contribution in [0.1, 0.15) is 30.9 Å². The van der Waals surface area contributed by atoms with Crippen molar-refractivity contribution in [3.8, 4) is 0 Å². The van der Waals surface area contributed by atoms with E-state index in [2.05, 4.69) is 45.0 Å². The zero-order chi connectivity index (χ0) is 10.3. The molecule has 1 aromatic rings. The Morgan fingerprint density at radius 3 is 1.85 bits per heavy atom. The average molecular weight is 305 g/mol. The van der Waals surface area contributed by atoms with Crippen molar-refractivity contribution in [2.75, 3.05) is 0 Å². The van der Waals surface area contributed by atoms with Gasteiger partial charge in [0.2, 0.25) is 0 Å². The molecule has 0 bridgehead atoms. The van der Waals surface area contributed by atoms with Gasteiger partial charge in [0.25, 0.3) is 0 Å². The van der Waals surface area contributed by atoms with Crippen molar-refractivity contribution in [3.63, 3.8) is 0 Å². The van der Waals surface area contributed by atoms with Crippen molar-refractivity contribution >= 4 is 19.4 Å². The molecule has 0 unspecified atom stereocenters. The minimum absolute atomic E-state index is 0.346. The third-order valence-corrected chi connectivity index (χ3v) is 1.65. The van der Waals surface area contributed by atoms with E-state index in [9.17, 15) is 0 Å². The fraction of sp³-hybridized carbons (Fsp3) is 0.300. The molecule has 1 aromatic carbocycles. The van der Waals surface area contributed by atoms with Crippen LogP contribution < -0.4 is 0 Å². The Labute approximate surface area is 96.3 Å². The zero-order valence-electron chi connectivity index (χ0n) is 7.70. The van der Waals surface area contributed by atoms with Gasteiger partial charge in [-0.05, 0) is 5.92 Å². The average Bonchev–Trinajstić information content (AvgIpc) is 2.06. The fourth-order valence-electron chi connectivity index (χ4n) is 0.903. The first-order valence-corrected chi connectivity index (χ1v) is 8.36. The molecule has 0 radical (unpaired) electrons. The van der Waals surface area contributed by atoms with Crippen LogP contribution in [0.3, 0.4) is 0 Å². The minimum atomic E-state index is -0.346. The molecule has 0 aliphatic rings. The maximum absolute atomic E-state index is 4.85. The van der Waals surface area contributed by atoms with Gasteiger partial charge >= 0.3 is 34.5 Å². The monoisotopic (exact) mass is 305 g/mol. The molecule has 0 aliphatic heterocycles. The van der Waals surface area contributed by atoms with Gasteiger partial charge in [-0.3, -0.25) is 0 Å². The first-order valence-electron chi connectivity index (χ1n) is 3.89. The van der Waals surface area contributed by atoms with Crippen molar-refractivity contribution in [1.29, 1.82) is 0 Å². The van der Waals surface area contributed by atoms with E-state index in [0.717, 1.165) is 5.56 Å². The van der Waals surface area contributed by atoms with Gasteiger partial charge in [0.1, 0.15) is 0 Å². The van der Waals surface area contributed by atoms with Crippen molar-refractivity contribution in [1.82, 2.24) is 0 Å². The van der Waals surface area contributed by atoms with Gasteiger partial charge in [-0.2, -0.15) is 24.6 Å². The Morgan fingerprint density at radius 2 is 1.54 bits per heavy atom. The first kappa shape index (κ1) is 13.3. The normalized spacial score (nSPS) is 9.62. The topological polar surface area (TPSA) is 0 Å². The Balaban J connectivity index is 0.000000424. The Morgan fingerprint density at radius 1 is 1.15 bits per heavy atom. The summed E-state index contributed by atoms with van der Waals surface area (Å²) >= 11 is -0.346. The number of hydrogen-bond acceptors (Lipinski definition) is 0. The third-order valence-electron chi connectivity index (χ3n) is 1.65. The fourth-order valence-corrected chi connectivity index (χ4v) is 0.903. The van der Waals surface area contributed by atoms with Gasteiger partial charge in [0, 0.05) is 0 Å². The van der Waals surface area contributed by atoms with Crippen LogP contribution in [0.2, 0.25) is 0 Å². The molecule has 0 saturated carbocycles. The van der Waals surface area contributed by atoms with E-state index in [1.165, 1.54) is 5.56 Å². The van der Waals surface area contributed by atoms with Crippen LogP contribution in [0.15, 0.2) is 24.3 Å². The van der Waals surface area contributed by atoms with E-state index >= 15 is 0 Å². The molecule has 0 aromatic heterocycles. The summed E-state index contributed by atoms with van der Waals surface area (Å²) < 4.78 is 0. The summed E-state index contributed by atoms with van der Waals surface area (Å²) in [6.07, 6.45) is 0. The van der Waals surface area contributed by atoms with Gasteiger partial charge in [-0.25, -0.2) is 0 Å². The molecule has 0 aliphatic carbocycles. The molecule has 3 heteroatoms. The second-order valence-electron chi connectivity index (χ2n) is 2.95. The molecule has 76 valence electrons. The number of rotatable bonds is 1. The SMILES string of the molecule is [CH2-]c1ccc(C(C)C)cc1.[Cl][Ru][Cl]. The van der Waals surface area contributed by atoms with Crippen LogP contribution in [0.4, 0.5) is 0 Å². The predicted octanol–water partition coefficient (Wildman–Crippen LogP) is 4.37. The molecule has 0 atom stereocenters. The predicted molar refractivity (Wildman–Crippen MR) is 56.7 cm³/mol. The molecule has 1 rings (SSSR count). The van der Waals surface area contributed by atoms with Crippen molar-refractivity contribution in [2.45, 2.75) is 19.8 Å². The van der Waals surface area contributed by atoms with Gasteiger partial charge in [0.15, 0.2) is 0 Å². The van der Waals surface area contributed by atoms with Crippen LogP contribution in [0.25, 0.3) is 0 Å². The second kappa shape index (κ2) is 7.67. The van der Waals surface area contributed by atoms with E-state index in [-0.39, 0.29) is 15.1 Å². The molecule has 13 heavy (non-hydrogen) atoms. The molecule has 0 nitrogen and oxygen atoms in total. The van der Waals surface area contributed by atoms with Crippen LogP contribution >= 0.6 is 19.4 Å². The molecule has 0 amide bonds. The molecule has 0 spiro atoms. The van der Waals surface area contributed by atoms with Crippen molar-refractivity contribution in [2.24, 2.45) is 0 Å². The van der Waals surface area contributed by atoms with E-state index in [1.54, 1.807) is 0 Å². The standard InChI is InChI=1S/C10H13.2ClH.Ru/c1-8(2)10-6-4-9(3)5-7-10;;;/h4-8H,3H2,1-2H3;2*1H;/q-1;;;+2/p-2. The van der Waals surface area contributed by atoms with Crippen molar-refractivity contribution in [3.05, 3.63) is 42.3 Å². The molecular weight excluding hydrogens is 292 g/mol. The summed E-state index contributed by atoms with van der Waals surface area (Å²) in [5.41, 5.74) is 2.47. The van der Waals surface area contributed by atoms with Gasteiger partial charge < -0.3 is 0 Å². The van der Waals surface area contributed by atoms with Crippen LogP contribution in [0.5, 0.6) is 0 Å². The number of hydrogen-bond donors (Lipinski definition) is 0. The molecular formula is C10H13Cl2Ru-. The van der Waals surface area contributed by atoms with Gasteiger partial charge in [-0.1, -0.05) is 19.4 Å². The summed E-state index contributed by atoms with van der Waals surface area (Å²) in [7, 11) is 9.71. The molecule has 0 N–H and O–H groups in total. The second-order valence-corrected chi connectivity index (χ2v) is 5.59. The Hall–Kier alpha value is 0.293. The van der Waals surface area contributed by atoms with E-state index in [0.29, 0.717) is 5.92 Å².